The molecule has 1 unspecified atom stereocenters. The lowest BCUT2D eigenvalue weighted by atomic mass is 9.98. The van der Waals surface area contributed by atoms with E-state index in [2.05, 4.69) is 29.4 Å². The van der Waals surface area contributed by atoms with E-state index in [1.165, 1.54) is 12.7 Å². The minimum atomic E-state index is -0.388. The molecule has 0 aliphatic carbocycles. The van der Waals surface area contributed by atoms with Gasteiger partial charge in [0.15, 0.2) is 6.61 Å². The summed E-state index contributed by atoms with van der Waals surface area (Å²) >= 11 is 6.06. The van der Waals surface area contributed by atoms with Crippen molar-refractivity contribution < 1.29 is 14.6 Å². The van der Waals surface area contributed by atoms with E-state index in [9.17, 15) is 9.90 Å². The highest BCUT2D eigenvalue weighted by atomic mass is 35.5. The number of rotatable bonds is 7. The third kappa shape index (κ3) is 4.61. The third-order valence-corrected chi connectivity index (χ3v) is 4.69. The van der Waals surface area contributed by atoms with Gasteiger partial charge in [-0.1, -0.05) is 31.5 Å². The number of anilines is 1. The molecule has 146 valence electrons. The molecule has 3 rings (SSSR count). The normalized spacial score (nSPS) is 11.8. The van der Waals surface area contributed by atoms with E-state index in [1.807, 2.05) is 6.07 Å². The van der Waals surface area contributed by atoms with E-state index in [0.717, 1.165) is 12.0 Å². The molecule has 0 spiro atoms. The molecule has 1 atom stereocenters. The summed E-state index contributed by atoms with van der Waals surface area (Å²) in [6, 6.07) is 10.3. The molecule has 0 bridgehead atoms. The monoisotopic (exact) mass is 400 g/mol. The van der Waals surface area contributed by atoms with Gasteiger partial charge in [-0.3, -0.25) is 9.36 Å². The zero-order chi connectivity index (χ0) is 20.1. The third-order valence-electron chi connectivity index (χ3n) is 4.45. The SMILES string of the molecule is CCC(C)c1ccc(O)c(NC(=O)COc2ccc(Cl)cc2-n2cnnc2)c1. The molecule has 0 aliphatic heterocycles. The van der Waals surface area contributed by atoms with Crippen molar-refractivity contribution in [2.45, 2.75) is 26.2 Å². The van der Waals surface area contributed by atoms with Gasteiger partial charge in [0.1, 0.15) is 24.2 Å². The smallest absolute Gasteiger partial charge is 0.262 e. The second-order valence-corrected chi connectivity index (χ2v) is 6.84. The number of carbonyl (C=O) groups is 1. The van der Waals surface area contributed by atoms with Crippen LogP contribution in [0.3, 0.4) is 0 Å². The van der Waals surface area contributed by atoms with Crippen molar-refractivity contribution in [3.05, 3.63) is 59.6 Å². The molecule has 0 saturated heterocycles. The first-order valence-corrected chi connectivity index (χ1v) is 9.25. The van der Waals surface area contributed by atoms with E-state index in [0.29, 0.717) is 28.1 Å². The van der Waals surface area contributed by atoms with Gasteiger partial charge in [-0.05, 0) is 48.2 Å². The lowest BCUT2D eigenvalue weighted by Gasteiger charge is -2.14. The first-order chi connectivity index (χ1) is 13.5. The molecular weight excluding hydrogens is 380 g/mol. The van der Waals surface area contributed by atoms with Crippen LogP contribution in [0.2, 0.25) is 5.02 Å². The van der Waals surface area contributed by atoms with Crippen molar-refractivity contribution in [2.75, 3.05) is 11.9 Å². The van der Waals surface area contributed by atoms with Crippen LogP contribution in [-0.2, 0) is 4.79 Å². The van der Waals surface area contributed by atoms with E-state index in [4.69, 9.17) is 16.3 Å². The predicted molar refractivity (Wildman–Crippen MR) is 107 cm³/mol. The first kappa shape index (κ1) is 19.7. The van der Waals surface area contributed by atoms with Gasteiger partial charge in [-0.25, -0.2) is 0 Å². The van der Waals surface area contributed by atoms with E-state index >= 15 is 0 Å². The van der Waals surface area contributed by atoms with Gasteiger partial charge in [0.05, 0.1) is 11.4 Å². The molecule has 0 aliphatic rings. The Kier molecular flexibility index (Phi) is 6.16. The van der Waals surface area contributed by atoms with Gasteiger partial charge >= 0.3 is 0 Å². The number of nitrogens with zero attached hydrogens (tertiary/aromatic N) is 3. The Morgan fingerprint density at radius 3 is 2.71 bits per heavy atom. The Morgan fingerprint density at radius 1 is 1.25 bits per heavy atom. The van der Waals surface area contributed by atoms with Gasteiger partial charge < -0.3 is 15.2 Å². The number of carbonyl (C=O) groups excluding carboxylic acids is 1. The second kappa shape index (κ2) is 8.75. The highest BCUT2D eigenvalue weighted by Crippen LogP contribution is 2.29. The first-order valence-electron chi connectivity index (χ1n) is 8.88. The Bertz CT molecular complexity index is 960. The number of halogens is 1. The van der Waals surface area contributed by atoms with Crippen LogP contribution in [0.1, 0.15) is 31.7 Å². The standard InChI is InChI=1S/C20H21ClN4O3/c1-3-13(2)14-4-6-18(26)16(8-14)24-20(27)10-28-19-7-5-15(21)9-17(19)25-11-22-23-12-25/h4-9,11-13,26H,3,10H2,1-2H3,(H,24,27). The van der Waals surface area contributed by atoms with Crippen LogP contribution in [0.4, 0.5) is 5.69 Å². The van der Waals surface area contributed by atoms with Crippen LogP contribution in [0.15, 0.2) is 49.1 Å². The number of phenolic OH excluding ortho intramolecular Hbond substituents is 1. The molecule has 0 fully saturated rings. The number of aromatic nitrogens is 3. The van der Waals surface area contributed by atoms with Crippen molar-refractivity contribution in [3.8, 4) is 17.2 Å². The Hall–Kier alpha value is -3.06. The van der Waals surface area contributed by atoms with Gasteiger partial charge in [-0.15, -0.1) is 10.2 Å². The van der Waals surface area contributed by atoms with Crippen molar-refractivity contribution >= 4 is 23.2 Å². The molecule has 1 aromatic heterocycles. The average molecular weight is 401 g/mol. The number of phenols is 1. The molecular formula is C20H21ClN4O3. The molecule has 1 amide bonds. The number of hydrogen-bond donors (Lipinski definition) is 2. The lowest BCUT2D eigenvalue weighted by Crippen LogP contribution is -2.20. The number of ether oxygens (including phenoxy) is 1. The molecule has 28 heavy (non-hydrogen) atoms. The maximum atomic E-state index is 12.3. The van der Waals surface area contributed by atoms with Gasteiger partial charge in [0, 0.05) is 5.02 Å². The summed E-state index contributed by atoms with van der Waals surface area (Å²) in [5.74, 6) is 0.406. The Balaban J connectivity index is 1.71. The van der Waals surface area contributed by atoms with Gasteiger partial charge in [0.25, 0.3) is 5.91 Å². The summed E-state index contributed by atoms with van der Waals surface area (Å²) in [6.07, 6.45) is 3.98. The number of aromatic hydroxyl groups is 1. The highest BCUT2D eigenvalue weighted by molar-refractivity contribution is 6.30. The summed E-state index contributed by atoms with van der Waals surface area (Å²) in [4.78, 5) is 12.3. The molecule has 1 heterocycles. The highest BCUT2D eigenvalue weighted by Gasteiger charge is 2.13. The van der Waals surface area contributed by atoms with E-state index < -0.39 is 0 Å². The summed E-state index contributed by atoms with van der Waals surface area (Å²) in [5.41, 5.74) is 2.03. The quantitative estimate of drug-likeness (QED) is 0.581. The molecule has 2 N–H and O–H groups in total. The summed E-state index contributed by atoms with van der Waals surface area (Å²) in [6.45, 7) is 3.95. The topological polar surface area (TPSA) is 89.3 Å². The van der Waals surface area contributed by atoms with Crippen molar-refractivity contribution in [1.82, 2.24) is 14.8 Å². The number of hydrogen-bond acceptors (Lipinski definition) is 5. The molecule has 2 aromatic carbocycles. The van der Waals surface area contributed by atoms with Crippen LogP contribution in [0, 0.1) is 0 Å². The summed E-state index contributed by atoms with van der Waals surface area (Å²) in [5, 5.41) is 20.8. The lowest BCUT2D eigenvalue weighted by molar-refractivity contribution is -0.118. The number of nitrogens with one attached hydrogen (secondary N) is 1. The molecule has 8 heteroatoms. The summed E-state index contributed by atoms with van der Waals surface area (Å²) in [7, 11) is 0. The number of amides is 1. The van der Waals surface area contributed by atoms with Crippen molar-refractivity contribution in [3.63, 3.8) is 0 Å². The number of benzene rings is 2. The van der Waals surface area contributed by atoms with Crippen LogP contribution in [0.5, 0.6) is 11.5 Å². The molecule has 3 aromatic rings. The van der Waals surface area contributed by atoms with Crippen LogP contribution >= 0.6 is 11.6 Å². The van der Waals surface area contributed by atoms with Crippen molar-refractivity contribution in [1.29, 1.82) is 0 Å². The fourth-order valence-electron chi connectivity index (χ4n) is 2.67. The zero-order valence-corrected chi connectivity index (χ0v) is 16.3. The molecule has 0 saturated carbocycles. The fraction of sp³-hybridized carbons (Fsp3) is 0.250. The largest absolute Gasteiger partial charge is 0.506 e. The van der Waals surface area contributed by atoms with E-state index in [-0.39, 0.29) is 18.3 Å². The molecule has 7 nitrogen and oxygen atoms in total. The van der Waals surface area contributed by atoms with Gasteiger partial charge in [0.2, 0.25) is 0 Å². The summed E-state index contributed by atoms with van der Waals surface area (Å²) < 4.78 is 7.30. The zero-order valence-electron chi connectivity index (χ0n) is 15.6. The van der Waals surface area contributed by atoms with Crippen molar-refractivity contribution in [2.24, 2.45) is 0 Å². The van der Waals surface area contributed by atoms with E-state index in [1.54, 1.807) is 34.9 Å². The average Bonchev–Trinajstić information content (AvgIpc) is 3.22. The molecule has 0 radical (unpaired) electrons. The minimum absolute atomic E-state index is 0.0112. The second-order valence-electron chi connectivity index (χ2n) is 6.40. The van der Waals surface area contributed by atoms with Gasteiger partial charge in [-0.2, -0.15) is 0 Å². The van der Waals surface area contributed by atoms with Crippen LogP contribution < -0.4 is 10.1 Å². The predicted octanol–water partition coefficient (Wildman–Crippen LogP) is 4.16. The fourth-order valence-corrected chi connectivity index (χ4v) is 2.83. The maximum absolute atomic E-state index is 12.3. The maximum Gasteiger partial charge on any atom is 0.262 e. The minimum Gasteiger partial charge on any atom is -0.506 e. The van der Waals surface area contributed by atoms with Crippen LogP contribution in [0.25, 0.3) is 5.69 Å². The Labute approximate surface area is 167 Å². The van der Waals surface area contributed by atoms with Crippen LogP contribution in [-0.4, -0.2) is 32.4 Å². The Morgan fingerprint density at radius 2 is 2.00 bits per heavy atom.